The summed E-state index contributed by atoms with van der Waals surface area (Å²) in [4.78, 5) is 19.8. The van der Waals surface area contributed by atoms with Crippen LogP contribution in [0.25, 0.3) is 0 Å². The van der Waals surface area contributed by atoms with Gasteiger partial charge in [0.05, 0.1) is 18.0 Å². The maximum atomic E-state index is 11.7. The zero-order valence-electron chi connectivity index (χ0n) is 10.4. The Morgan fingerprint density at radius 1 is 1.67 bits per heavy atom. The minimum Gasteiger partial charge on any atom is -0.377 e. The molecule has 1 aliphatic heterocycles. The van der Waals surface area contributed by atoms with Crippen LogP contribution in [-0.2, 0) is 15.1 Å². The van der Waals surface area contributed by atoms with Gasteiger partial charge in [-0.3, -0.25) is 20.1 Å². The molecule has 1 saturated heterocycles. The summed E-state index contributed by atoms with van der Waals surface area (Å²) in [7, 11) is 0. The van der Waals surface area contributed by atoms with Crippen LogP contribution in [0.1, 0.15) is 25.5 Å². The van der Waals surface area contributed by atoms with Gasteiger partial charge in [0.15, 0.2) is 0 Å². The Morgan fingerprint density at radius 3 is 3.06 bits per heavy atom. The molecule has 2 atom stereocenters. The van der Waals surface area contributed by atoms with Gasteiger partial charge in [-0.15, -0.1) is 0 Å². The highest BCUT2D eigenvalue weighted by Gasteiger charge is 2.35. The summed E-state index contributed by atoms with van der Waals surface area (Å²) in [5, 5.41) is 3.15. The summed E-state index contributed by atoms with van der Waals surface area (Å²) in [5.74, 6) is -0.471. The van der Waals surface area contributed by atoms with E-state index in [2.05, 4.69) is 15.3 Å². The van der Waals surface area contributed by atoms with E-state index in [1.54, 1.807) is 25.5 Å². The van der Waals surface area contributed by atoms with Crippen LogP contribution in [0, 0.1) is 0 Å². The van der Waals surface area contributed by atoms with Crippen LogP contribution < -0.4 is 11.1 Å². The number of carbonyl (C=O) groups excluding carboxylic acids is 1. The number of ether oxygens (including phenoxy) is 1. The number of amides is 1. The Kier molecular flexibility index (Phi) is 3.88. The molecule has 2 heterocycles. The third-order valence-electron chi connectivity index (χ3n) is 3.28. The van der Waals surface area contributed by atoms with Crippen molar-refractivity contribution in [3.63, 3.8) is 0 Å². The van der Waals surface area contributed by atoms with Crippen molar-refractivity contribution in [3.8, 4) is 0 Å². The van der Waals surface area contributed by atoms with Crippen LogP contribution in [0.4, 0.5) is 0 Å². The van der Waals surface area contributed by atoms with Crippen molar-refractivity contribution >= 4 is 5.91 Å². The zero-order valence-corrected chi connectivity index (χ0v) is 10.4. The van der Waals surface area contributed by atoms with Crippen LogP contribution in [0.3, 0.4) is 0 Å². The lowest BCUT2D eigenvalue weighted by Crippen LogP contribution is -2.52. The molecule has 1 amide bonds. The topological polar surface area (TPSA) is 90.1 Å². The minimum atomic E-state index is -1.01. The second-order valence-electron chi connectivity index (χ2n) is 4.60. The molecule has 0 saturated carbocycles. The molecule has 1 fully saturated rings. The summed E-state index contributed by atoms with van der Waals surface area (Å²) in [6.07, 6.45) is 6.86. The van der Waals surface area contributed by atoms with Crippen LogP contribution >= 0.6 is 0 Å². The molecule has 2 unspecified atom stereocenters. The molecular weight excluding hydrogens is 232 g/mol. The molecule has 0 spiro atoms. The maximum absolute atomic E-state index is 11.7. The maximum Gasteiger partial charge on any atom is 0.243 e. The lowest BCUT2D eigenvalue weighted by atomic mass is 9.97. The van der Waals surface area contributed by atoms with E-state index in [1.165, 1.54) is 0 Å². The van der Waals surface area contributed by atoms with Crippen LogP contribution in [0.15, 0.2) is 18.6 Å². The normalized spacial score (nSPS) is 22.6. The first-order chi connectivity index (χ1) is 8.63. The second-order valence-corrected chi connectivity index (χ2v) is 4.60. The van der Waals surface area contributed by atoms with E-state index >= 15 is 0 Å². The molecule has 3 N–H and O–H groups in total. The van der Waals surface area contributed by atoms with Crippen molar-refractivity contribution in [2.75, 3.05) is 13.2 Å². The van der Waals surface area contributed by atoms with Gasteiger partial charge in [-0.1, -0.05) is 0 Å². The van der Waals surface area contributed by atoms with E-state index in [9.17, 15) is 4.79 Å². The summed E-state index contributed by atoms with van der Waals surface area (Å²) in [6, 6.07) is 0. The minimum absolute atomic E-state index is 0.139. The smallest absolute Gasteiger partial charge is 0.243 e. The number of carbonyl (C=O) groups is 1. The van der Waals surface area contributed by atoms with Gasteiger partial charge in [0.2, 0.25) is 5.91 Å². The van der Waals surface area contributed by atoms with Gasteiger partial charge in [-0.25, -0.2) is 0 Å². The largest absolute Gasteiger partial charge is 0.377 e. The molecule has 1 aromatic heterocycles. The van der Waals surface area contributed by atoms with Gasteiger partial charge >= 0.3 is 0 Å². The number of hydrogen-bond acceptors (Lipinski definition) is 5. The van der Waals surface area contributed by atoms with Crippen molar-refractivity contribution in [2.24, 2.45) is 5.73 Å². The van der Waals surface area contributed by atoms with Crippen LogP contribution in [0.5, 0.6) is 0 Å². The first-order valence-corrected chi connectivity index (χ1v) is 6.06. The molecule has 0 aromatic carbocycles. The van der Waals surface area contributed by atoms with Crippen molar-refractivity contribution in [3.05, 3.63) is 24.3 Å². The Morgan fingerprint density at radius 2 is 2.50 bits per heavy atom. The highest BCUT2D eigenvalue weighted by molar-refractivity contribution is 5.85. The predicted molar refractivity (Wildman–Crippen MR) is 65.6 cm³/mol. The average Bonchev–Trinajstić information content (AvgIpc) is 2.90. The van der Waals surface area contributed by atoms with E-state index in [1.807, 2.05) is 0 Å². The van der Waals surface area contributed by atoms with Gasteiger partial charge in [0.25, 0.3) is 0 Å². The standard InChI is InChI=1S/C12H18N4O2/c1-12(11(13)17,10-8-14-4-5-15-10)16-7-9-3-2-6-18-9/h4-5,8-9,16H,2-3,6-7H2,1H3,(H2,13,17). The van der Waals surface area contributed by atoms with Crippen LogP contribution in [0.2, 0.25) is 0 Å². The third-order valence-corrected chi connectivity index (χ3v) is 3.28. The quantitative estimate of drug-likeness (QED) is 0.764. The van der Waals surface area contributed by atoms with Gasteiger partial charge < -0.3 is 10.5 Å². The van der Waals surface area contributed by atoms with Gasteiger partial charge in [-0.05, 0) is 19.8 Å². The monoisotopic (exact) mass is 250 g/mol. The number of nitrogens with one attached hydrogen (secondary N) is 1. The highest BCUT2D eigenvalue weighted by atomic mass is 16.5. The SMILES string of the molecule is CC(NCC1CCCO1)(C(N)=O)c1cnccn1. The second kappa shape index (κ2) is 5.41. The van der Waals surface area contributed by atoms with E-state index < -0.39 is 11.4 Å². The Bertz CT molecular complexity index is 406. The number of nitrogens with two attached hydrogens (primary N) is 1. The fourth-order valence-electron chi connectivity index (χ4n) is 1.98. The number of primary amides is 1. The molecule has 6 heteroatoms. The Hall–Kier alpha value is -1.53. The first-order valence-electron chi connectivity index (χ1n) is 6.06. The molecule has 98 valence electrons. The Labute approximate surface area is 106 Å². The summed E-state index contributed by atoms with van der Waals surface area (Å²) >= 11 is 0. The number of nitrogens with zero attached hydrogens (tertiary/aromatic N) is 2. The van der Waals surface area contributed by atoms with Crippen LogP contribution in [-0.4, -0.2) is 35.1 Å². The summed E-state index contributed by atoms with van der Waals surface area (Å²) in [5.41, 5.74) is 4.99. The zero-order chi connectivity index (χ0) is 13.0. The molecule has 0 bridgehead atoms. The molecule has 1 aromatic rings. The van der Waals surface area contributed by atoms with Crippen molar-refractivity contribution in [1.82, 2.24) is 15.3 Å². The molecule has 0 aliphatic carbocycles. The van der Waals surface area contributed by atoms with E-state index in [-0.39, 0.29) is 6.10 Å². The highest BCUT2D eigenvalue weighted by Crippen LogP contribution is 2.19. The van der Waals surface area contributed by atoms with Gasteiger partial charge in [0, 0.05) is 25.5 Å². The van der Waals surface area contributed by atoms with Crippen molar-refractivity contribution < 1.29 is 9.53 Å². The van der Waals surface area contributed by atoms with Crippen molar-refractivity contribution in [2.45, 2.75) is 31.4 Å². The fourth-order valence-corrected chi connectivity index (χ4v) is 1.98. The third kappa shape index (κ3) is 2.65. The fraction of sp³-hybridized carbons (Fsp3) is 0.583. The molecule has 1 aliphatic rings. The van der Waals surface area contributed by atoms with E-state index in [0.717, 1.165) is 19.4 Å². The lowest BCUT2D eigenvalue weighted by Gasteiger charge is -2.27. The number of rotatable bonds is 5. The van der Waals surface area contributed by atoms with E-state index in [0.29, 0.717) is 12.2 Å². The average molecular weight is 250 g/mol. The molecular formula is C12H18N4O2. The first kappa shape index (κ1) is 12.9. The Balaban J connectivity index is 2.09. The molecule has 2 rings (SSSR count). The predicted octanol–water partition coefficient (Wildman–Crippen LogP) is -0.0543. The van der Waals surface area contributed by atoms with Gasteiger partial charge in [-0.2, -0.15) is 0 Å². The molecule has 6 nitrogen and oxygen atoms in total. The summed E-state index contributed by atoms with van der Waals surface area (Å²) < 4.78 is 5.51. The van der Waals surface area contributed by atoms with E-state index in [4.69, 9.17) is 10.5 Å². The number of aromatic nitrogens is 2. The summed E-state index contributed by atoms with van der Waals surface area (Å²) in [6.45, 7) is 3.08. The van der Waals surface area contributed by atoms with Crippen molar-refractivity contribution in [1.29, 1.82) is 0 Å². The molecule has 0 radical (unpaired) electrons. The number of hydrogen-bond donors (Lipinski definition) is 2. The lowest BCUT2D eigenvalue weighted by molar-refractivity contribution is -0.124. The van der Waals surface area contributed by atoms with Gasteiger partial charge in [0.1, 0.15) is 5.54 Å². The molecule has 18 heavy (non-hydrogen) atoms.